The highest BCUT2D eigenvalue weighted by Crippen LogP contribution is 2.28. The number of methoxy groups -OCH3 is 1. The van der Waals surface area contributed by atoms with Gasteiger partial charge in [-0.25, -0.2) is 12.7 Å². The van der Waals surface area contributed by atoms with E-state index >= 15 is 0 Å². The largest absolute Gasteiger partial charge is 0.493 e. The van der Waals surface area contributed by atoms with Crippen LogP contribution in [0.4, 0.5) is 0 Å². The molecule has 0 atom stereocenters. The molecule has 0 bridgehead atoms. The van der Waals surface area contributed by atoms with E-state index in [2.05, 4.69) is 21.7 Å². The van der Waals surface area contributed by atoms with Crippen LogP contribution in [0, 0.1) is 0 Å². The molecule has 172 valence electrons. The molecule has 0 saturated carbocycles. The summed E-state index contributed by atoms with van der Waals surface area (Å²) in [6.45, 7) is 8.84. The van der Waals surface area contributed by atoms with Gasteiger partial charge in [-0.2, -0.15) is 0 Å². The number of benzene rings is 1. The molecule has 0 aliphatic heterocycles. The highest BCUT2D eigenvalue weighted by Gasteiger charge is 2.13. The molecule has 0 radical (unpaired) electrons. The summed E-state index contributed by atoms with van der Waals surface area (Å²) in [5.74, 6) is 2.39. The van der Waals surface area contributed by atoms with Crippen molar-refractivity contribution in [3.05, 3.63) is 23.8 Å². The topological polar surface area (TPSA) is 92.3 Å². The van der Waals surface area contributed by atoms with E-state index in [4.69, 9.17) is 9.47 Å². The molecule has 0 aliphatic carbocycles. The average molecular weight is 443 g/mol. The normalized spacial score (nSPS) is 12.1. The maximum absolute atomic E-state index is 11.8. The van der Waals surface area contributed by atoms with Crippen LogP contribution >= 0.6 is 0 Å². The average Bonchev–Trinajstić information content (AvgIpc) is 2.74. The second-order valence-electron chi connectivity index (χ2n) is 6.78. The molecule has 0 unspecified atom stereocenters. The Morgan fingerprint density at radius 2 is 1.90 bits per heavy atom. The molecule has 0 amide bonds. The molecule has 0 aromatic heterocycles. The molecule has 2 N–H and O–H groups in total. The van der Waals surface area contributed by atoms with Gasteiger partial charge >= 0.3 is 0 Å². The Morgan fingerprint density at radius 3 is 2.53 bits per heavy atom. The van der Waals surface area contributed by atoms with Crippen molar-refractivity contribution >= 4 is 16.0 Å². The van der Waals surface area contributed by atoms with Gasteiger partial charge < -0.3 is 20.1 Å². The van der Waals surface area contributed by atoms with E-state index in [9.17, 15) is 8.42 Å². The minimum absolute atomic E-state index is 0.126. The summed E-state index contributed by atoms with van der Waals surface area (Å²) >= 11 is 0. The van der Waals surface area contributed by atoms with Crippen molar-refractivity contribution in [1.82, 2.24) is 14.9 Å². The number of sulfonamides is 1. The molecule has 1 rings (SSSR count). The molecule has 30 heavy (non-hydrogen) atoms. The van der Waals surface area contributed by atoms with E-state index in [1.165, 1.54) is 9.87 Å². The van der Waals surface area contributed by atoms with Crippen LogP contribution in [0.15, 0.2) is 23.2 Å². The van der Waals surface area contributed by atoms with Crippen LogP contribution in [0.1, 0.15) is 39.2 Å². The molecule has 0 saturated heterocycles. The number of aliphatic imine (C=N–C) groups is 1. The van der Waals surface area contributed by atoms with Crippen LogP contribution in [0.25, 0.3) is 0 Å². The molecule has 1 aromatic rings. The third-order valence-corrected chi connectivity index (χ3v) is 6.41. The summed E-state index contributed by atoms with van der Waals surface area (Å²) < 4.78 is 35.9. The van der Waals surface area contributed by atoms with Crippen molar-refractivity contribution in [3.8, 4) is 11.5 Å². The summed E-state index contributed by atoms with van der Waals surface area (Å²) in [5.41, 5.74) is 1.19. The SMILES string of the molecule is CCNC(=NCCCc1ccc(OC)c(OCC)c1)NCCCN(C)S(=O)(=O)CC. The molecule has 1 aromatic carbocycles. The Balaban J connectivity index is 2.47. The Kier molecular flexibility index (Phi) is 12.2. The third-order valence-electron chi connectivity index (χ3n) is 4.55. The fraction of sp³-hybridized carbons (Fsp3) is 0.667. The van der Waals surface area contributed by atoms with Crippen molar-refractivity contribution in [2.45, 2.75) is 40.0 Å². The minimum Gasteiger partial charge on any atom is -0.493 e. The quantitative estimate of drug-likeness (QED) is 0.261. The van der Waals surface area contributed by atoms with Crippen molar-refractivity contribution in [2.24, 2.45) is 4.99 Å². The van der Waals surface area contributed by atoms with Crippen molar-refractivity contribution in [1.29, 1.82) is 0 Å². The second kappa shape index (κ2) is 14.1. The fourth-order valence-corrected chi connectivity index (χ4v) is 3.68. The van der Waals surface area contributed by atoms with Gasteiger partial charge in [-0.1, -0.05) is 6.07 Å². The van der Waals surface area contributed by atoms with E-state index < -0.39 is 10.0 Å². The molecule has 8 nitrogen and oxygen atoms in total. The van der Waals surface area contributed by atoms with E-state index in [0.29, 0.717) is 32.7 Å². The lowest BCUT2D eigenvalue weighted by Gasteiger charge is -2.16. The zero-order valence-corrected chi connectivity index (χ0v) is 19.8. The summed E-state index contributed by atoms with van der Waals surface area (Å²) in [7, 11) is 0.139. The molecule has 0 heterocycles. The first kappa shape index (κ1) is 26.0. The number of aryl methyl sites for hydroxylation is 1. The van der Waals surface area contributed by atoms with Gasteiger partial charge in [0, 0.05) is 33.2 Å². The highest BCUT2D eigenvalue weighted by atomic mass is 32.2. The second-order valence-corrected chi connectivity index (χ2v) is 9.15. The fourth-order valence-electron chi connectivity index (χ4n) is 2.83. The number of hydrogen-bond acceptors (Lipinski definition) is 5. The first-order valence-corrected chi connectivity index (χ1v) is 12.2. The zero-order chi connectivity index (χ0) is 22.4. The Labute approximate surface area is 182 Å². The first-order chi connectivity index (χ1) is 14.4. The Hall–Kier alpha value is -2.00. The third kappa shape index (κ3) is 9.21. The van der Waals surface area contributed by atoms with Gasteiger partial charge in [0.1, 0.15) is 0 Å². The molecule has 0 aliphatic rings. The predicted octanol–water partition coefficient (Wildman–Crippen LogP) is 2.25. The van der Waals surface area contributed by atoms with Gasteiger partial charge in [-0.05, 0) is 57.7 Å². The minimum atomic E-state index is -3.12. The molecule has 9 heteroatoms. The van der Waals surface area contributed by atoms with Crippen LogP contribution in [-0.2, 0) is 16.4 Å². The monoisotopic (exact) mass is 442 g/mol. The number of guanidine groups is 1. The smallest absolute Gasteiger partial charge is 0.213 e. The van der Waals surface area contributed by atoms with Gasteiger partial charge in [0.25, 0.3) is 0 Å². The summed E-state index contributed by atoms with van der Waals surface area (Å²) in [6.07, 6.45) is 2.52. The van der Waals surface area contributed by atoms with Gasteiger partial charge in [-0.3, -0.25) is 4.99 Å². The van der Waals surface area contributed by atoms with E-state index in [1.807, 2.05) is 26.0 Å². The van der Waals surface area contributed by atoms with Gasteiger partial charge in [0.05, 0.1) is 19.5 Å². The van der Waals surface area contributed by atoms with E-state index in [1.54, 1.807) is 21.1 Å². The van der Waals surface area contributed by atoms with Crippen LogP contribution in [0.2, 0.25) is 0 Å². The van der Waals surface area contributed by atoms with E-state index in [0.717, 1.165) is 36.8 Å². The zero-order valence-electron chi connectivity index (χ0n) is 19.0. The number of hydrogen-bond donors (Lipinski definition) is 2. The molecular weight excluding hydrogens is 404 g/mol. The van der Waals surface area contributed by atoms with Gasteiger partial charge in [0.15, 0.2) is 17.5 Å². The summed E-state index contributed by atoms with van der Waals surface area (Å²) in [5, 5.41) is 6.49. The predicted molar refractivity (Wildman–Crippen MR) is 123 cm³/mol. The number of nitrogens with zero attached hydrogens (tertiary/aromatic N) is 2. The maximum Gasteiger partial charge on any atom is 0.213 e. The Morgan fingerprint density at radius 1 is 1.13 bits per heavy atom. The van der Waals surface area contributed by atoms with Gasteiger partial charge in [-0.15, -0.1) is 0 Å². The lowest BCUT2D eigenvalue weighted by molar-refractivity contribution is 0.310. The Bertz CT molecular complexity index is 753. The maximum atomic E-state index is 11.8. The van der Waals surface area contributed by atoms with Crippen LogP contribution in [0.3, 0.4) is 0 Å². The summed E-state index contributed by atoms with van der Waals surface area (Å²) in [4.78, 5) is 4.61. The molecule has 0 fully saturated rings. The first-order valence-electron chi connectivity index (χ1n) is 10.6. The van der Waals surface area contributed by atoms with Crippen molar-refractivity contribution < 1.29 is 17.9 Å². The number of rotatable bonds is 14. The highest BCUT2D eigenvalue weighted by molar-refractivity contribution is 7.89. The van der Waals surface area contributed by atoms with E-state index in [-0.39, 0.29) is 5.75 Å². The number of nitrogens with one attached hydrogen (secondary N) is 2. The standard InChI is InChI=1S/C21H38N4O4S/c1-6-22-21(24-15-10-16-25(4)30(26,27)8-3)23-14-9-11-18-12-13-19(28-5)20(17-18)29-7-2/h12-13,17H,6-11,14-16H2,1-5H3,(H2,22,23,24). The van der Waals surface area contributed by atoms with Crippen molar-refractivity contribution in [3.63, 3.8) is 0 Å². The lowest BCUT2D eigenvalue weighted by Crippen LogP contribution is -2.39. The molecular formula is C21H38N4O4S. The van der Waals surface area contributed by atoms with Crippen LogP contribution < -0.4 is 20.1 Å². The van der Waals surface area contributed by atoms with Crippen LogP contribution in [-0.4, -0.2) is 71.4 Å². The lowest BCUT2D eigenvalue weighted by atomic mass is 10.1. The van der Waals surface area contributed by atoms with Crippen molar-refractivity contribution in [2.75, 3.05) is 52.7 Å². The number of ether oxygens (including phenoxy) is 2. The van der Waals surface area contributed by atoms with Gasteiger partial charge in [0.2, 0.25) is 10.0 Å². The summed E-state index contributed by atoms with van der Waals surface area (Å²) in [6, 6.07) is 6.01. The van der Waals surface area contributed by atoms with Crippen LogP contribution in [0.5, 0.6) is 11.5 Å². The molecule has 0 spiro atoms.